The van der Waals surface area contributed by atoms with E-state index in [-0.39, 0.29) is 0 Å². The quantitative estimate of drug-likeness (QED) is 0.513. The summed E-state index contributed by atoms with van der Waals surface area (Å²) >= 11 is 0. The van der Waals surface area contributed by atoms with Crippen molar-refractivity contribution in [3.63, 3.8) is 0 Å². The number of hydrogen-bond donors (Lipinski definition) is 2. The van der Waals surface area contributed by atoms with Gasteiger partial charge in [-0.1, -0.05) is 6.08 Å². The number of allylic oxidation sites excluding steroid dienone is 2. The van der Waals surface area contributed by atoms with E-state index in [1.165, 1.54) is 6.42 Å². The summed E-state index contributed by atoms with van der Waals surface area (Å²) in [6, 6.07) is 0. The van der Waals surface area contributed by atoms with Crippen LogP contribution in [0.3, 0.4) is 0 Å². The van der Waals surface area contributed by atoms with E-state index >= 15 is 0 Å². The van der Waals surface area contributed by atoms with E-state index in [2.05, 4.69) is 0 Å². The van der Waals surface area contributed by atoms with Crippen LogP contribution in [0.1, 0.15) is 19.3 Å². The second kappa shape index (κ2) is 2.11. The van der Waals surface area contributed by atoms with Crippen LogP contribution in [0.4, 0.5) is 0 Å². The Bertz CT molecular complexity index is 176. The summed E-state index contributed by atoms with van der Waals surface area (Å²) in [5, 5.41) is 17.7. The molecule has 2 nitrogen and oxygen atoms in total. The van der Waals surface area contributed by atoms with Gasteiger partial charge in [0, 0.05) is 0 Å². The highest BCUT2D eigenvalue weighted by atomic mass is 16.4. The summed E-state index contributed by atoms with van der Waals surface area (Å²) in [7, 11) is -1.18. The molecule has 0 saturated heterocycles. The minimum absolute atomic E-state index is 0.491. The topological polar surface area (TPSA) is 40.5 Å². The Morgan fingerprint density at radius 3 is 2.50 bits per heavy atom. The Kier molecular flexibility index (Phi) is 1.36. The molecule has 10 heavy (non-hydrogen) atoms. The summed E-state index contributed by atoms with van der Waals surface area (Å²) in [5.74, 6) is 1.15. The van der Waals surface area contributed by atoms with Gasteiger partial charge in [0.25, 0.3) is 0 Å². The Balaban J connectivity index is 2.17. The normalized spacial score (nSPS) is 36.4. The van der Waals surface area contributed by atoms with E-state index in [1.54, 1.807) is 0 Å². The predicted molar refractivity (Wildman–Crippen MR) is 39.1 cm³/mol. The van der Waals surface area contributed by atoms with Crippen LogP contribution in [0, 0.1) is 11.8 Å². The number of hydrogen-bond acceptors (Lipinski definition) is 2. The third-order valence-corrected chi connectivity index (χ3v) is 2.67. The SMILES string of the molecule is OB(O)C1=C[C@H]2CC[C@@H]1C2. The molecule has 1 saturated carbocycles. The van der Waals surface area contributed by atoms with Crippen LogP contribution >= 0.6 is 0 Å². The van der Waals surface area contributed by atoms with Crippen molar-refractivity contribution in [1.82, 2.24) is 0 Å². The molecule has 1 fully saturated rings. The maximum Gasteiger partial charge on any atom is 0.484 e. The van der Waals surface area contributed by atoms with Crippen LogP contribution in [-0.2, 0) is 0 Å². The molecule has 2 aliphatic rings. The molecule has 3 heteroatoms. The minimum atomic E-state index is -1.18. The molecule has 2 N–H and O–H groups in total. The zero-order valence-corrected chi connectivity index (χ0v) is 5.83. The average molecular weight is 138 g/mol. The molecule has 2 rings (SSSR count). The molecule has 0 radical (unpaired) electrons. The maximum absolute atomic E-state index is 8.86. The van der Waals surface area contributed by atoms with Crippen molar-refractivity contribution in [3.05, 3.63) is 11.5 Å². The van der Waals surface area contributed by atoms with Crippen LogP contribution in [0.25, 0.3) is 0 Å². The van der Waals surface area contributed by atoms with Gasteiger partial charge in [0.2, 0.25) is 0 Å². The molecule has 0 heterocycles. The molecule has 0 aromatic carbocycles. The molecule has 2 bridgehead atoms. The van der Waals surface area contributed by atoms with E-state index in [0.717, 1.165) is 18.3 Å². The van der Waals surface area contributed by atoms with Gasteiger partial charge in [0.15, 0.2) is 0 Å². The van der Waals surface area contributed by atoms with Gasteiger partial charge >= 0.3 is 7.12 Å². The van der Waals surface area contributed by atoms with Crippen molar-refractivity contribution in [1.29, 1.82) is 0 Å². The molecule has 2 aliphatic carbocycles. The highest BCUT2D eigenvalue weighted by molar-refractivity contribution is 6.51. The lowest BCUT2D eigenvalue weighted by Gasteiger charge is -2.10. The highest BCUT2D eigenvalue weighted by Crippen LogP contribution is 2.43. The van der Waals surface area contributed by atoms with Crippen molar-refractivity contribution in [3.8, 4) is 0 Å². The van der Waals surface area contributed by atoms with Gasteiger partial charge in [-0.05, 0) is 36.6 Å². The fourth-order valence-corrected chi connectivity index (χ4v) is 2.18. The zero-order valence-electron chi connectivity index (χ0n) is 5.83. The van der Waals surface area contributed by atoms with Gasteiger partial charge in [-0.2, -0.15) is 0 Å². The first kappa shape index (κ1) is 6.44. The smallest absolute Gasteiger partial charge is 0.423 e. The molecular weight excluding hydrogens is 127 g/mol. The number of fused-ring (bicyclic) bond motifs is 2. The fraction of sp³-hybridized carbons (Fsp3) is 0.714. The fourth-order valence-electron chi connectivity index (χ4n) is 2.18. The van der Waals surface area contributed by atoms with Gasteiger partial charge in [-0.3, -0.25) is 0 Å². The van der Waals surface area contributed by atoms with Crippen LogP contribution in [0.15, 0.2) is 11.5 Å². The van der Waals surface area contributed by atoms with Crippen molar-refractivity contribution >= 4 is 7.12 Å². The molecule has 0 unspecified atom stereocenters. The molecule has 0 aromatic rings. The molecule has 0 aliphatic heterocycles. The van der Waals surface area contributed by atoms with Crippen LogP contribution < -0.4 is 0 Å². The van der Waals surface area contributed by atoms with E-state index in [1.807, 2.05) is 6.08 Å². The van der Waals surface area contributed by atoms with Gasteiger partial charge < -0.3 is 10.0 Å². The highest BCUT2D eigenvalue weighted by Gasteiger charge is 2.37. The third-order valence-electron chi connectivity index (χ3n) is 2.67. The van der Waals surface area contributed by atoms with Crippen LogP contribution in [-0.4, -0.2) is 17.2 Å². The Morgan fingerprint density at radius 1 is 1.40 bits per heavy atom. The lowest BCUT2D eigenvalue weighted by molar-refractivity contribution is 0.409. The average Bonchev–Trinajstić information content (AvgIpc) is 2.44. The van der Waals surface area contributed by atoms with E-state index in [9.17, 15) is 0 Å². The minimum Gasteiger partial charge on any atom is -0.423 e. The monoisotopic (exact) mass is 138 g/mol. The third kappa shape index (κ3) is 0.813. The first-order chi connectivity index (χ1) is 4.77. The van der Waals surface area contributed by atoms with Gasteiger partial charge in [0.05, 0.1) is 0 Å². The van der Waals surface area contributed by atoms with Crippen molar-refractivity contribution in [2.24, 2.45) is 11.8 Å². The predicted octanol–water partition coefficient (Wildman–Crippen LogP) is 0.355. The molecule has 2 atom stereocenters. The summed E-state index contributed by atoms with van der Waals surface area (Å²) in [5.41, 5.74) is 0.872. The summed E-state index contributed by atoms with van der Waals surface area (Å²) in [4.78, 5) is 0. The lowest BCUT2D eigenvalue weighted by atomic mass is 9.72. The second-order valence-electron chi connectivity index (χ2n) is 3.31. The standard InChI is InChI=1S/C7H11BO2/c9-8(10)7-4-5-1-2-6(7)3-5/h4-6,9-10H,1-3H2/t5-,6+/m0/s1. The first-order valence-corrected chi connectivity index (χ1v) is 3.85. The maximum atomic E-state index is 8.86. The van der Waals surface area contributed by atoms with E-state index < -0.39 is 7.12 Å². The number of rotatable bonds is 1. The largest absolute Gasteiger partial charge is 0.484 e. The summed E-state index contributed by atoms with van der Waals surface area (Å²) in [6.45, 7) is 0. The molecule has 0 aromatic heterocycles. The Labute approximate surface area is 60.7 Å². The molecule has 0 spiro atoms. The lowest BCUT2D eigenvalue weighted by Crippen LogP contribution is -2.19. The Morgan fingerprint density at radius 2 is 2.20 bits per heavy atom. The van der Waals surface area contributed by atoms with E-state index in [4.69, 9.17) is 10.0 Å². The first-order valence-electron chi connectivity index (χ1n) is 3.85. The Hall–Kier alpha value is -0.275. The summed E-state index contributed by atoms with van der Waals surface area (Å²) < 4.78 is 0. The van der Waals surface area contributed by atoms with Crippen molar-refractivity contribution in [2.75, 3.05) is 0 Å². The molecule has 0 amide bonds. The van der Waals surface area contributed by atoms with Crippen LogP contribution in [0.2, 0.25) is 0 Å². The van der Waals surface area contributed by atoms with Crippen molar-refractivity contribution in [2.45, 2.75) is 19.3 Å². The van der Waals surface area contributed by atoms with Crippen molar-refractivity contribution < 1.29 is 10.0 Å². The molecular formula is C7H11BO2. The second-order valence-corrected chi connectivity index (χ2v) is 3.31. The zero-order chi connectivity index (χ0) is 7.14. The molecule has 54 valence electrons. The van der Waals surface area contributed by atoms with E-state index in [0.29, 0.717) is 11.8 Å². The summed E-state index contributed by atoms with van der Waals surface area (Å²) in [6.07, 6.45) is 5.61. The van der Waals surface area contributed by atoms with Gasteiger partial charge in [-0.25, -0.2) is 0 Å². The van der Waals surface area contributed by atoms with Crippen LogP contribution in [0.5, 0.6) is 0 Å². The van der Waals surface area contributed by atoms with Gasteiger partial charge in [-0.15, -0.1) is 0 Å². The van der Waals surface area contributed by atoms with Gasteiger partial charge in [0.1, 0.15) is 0 Å².